The molecule has 1 aliphatic carbocycles. The molecule has 1 saturated carbocycles. The first-order valence-corrected chi connectivity index (χ1v) is 6.01. The van der Waals surface area contributed by atoms with Gasteiger partial charge in [0.15, 0.2) is 0 Å². The van der Waals surface area contributed by atoms with Gasteiger partial charge in [-0.3, -0.25) is 4.79 Å². The molecule has 2 atom stereocenters. The number of hydrogen-bond donors (Lipinski definition) is 3. The average molecular weight is 234 g/mol. The molecule has 1 amide bonds. The van der Waals surface area contributed by atoms with E-state index in [-0.39, 0.29) is 12.1 Å². The zero-order valence-corrected chi connectivity index (χ0v) is 9.73. The van der Waals surface area contributed by atoms with E-state index in [9.17, 15) is 9.90 Å². The molecule has 0 spiro atoms. The molecule has 4 N–H and O–H groups in total. The van der Waals surface area contributed by atoms with Crippen LogP contribution in [0, 0.1) is 0 Å². The minimum absolute atomic E-state index is 0.114. The number of nitrogens with two attached hydrogens (primary N) is 1. The van der Waals surface area contributed by atoms with Gasteiger partial charge in [-0.2, -0.15) is 0 Å². The predicted molar refractivity (Wildman–Crippen MR) is 66.8 cm³/mol. The van der Waals surface area contributed by atoms with E-state index in [2.05, 4.69) is 5.32 Å². The number of rotatable bonds is 3. The Kier molecular flexibility index (Phi) is 3.64. The van der Waals surface area contributed by atoms with Gasteiger partial charge >= 0.3 is 0 Å². The normalized spacial score (nSPS) is 24.3. The minimum Gasteiger partial charge on any atom is -0.391 e. The Morgan fingerprint density at radius 3 is 2.47 bits per heavy atom. The summed E-state index contributed by atoms with van der Waals surface area (Å²) >= 11 is 0. The Morgan fingerprint density at radius 2 is 1.88 bits per heavy atom. The van der Waals surface area contributed by atoms with Crippen LogP contribution in [0.15, 0.2) is 24.3 Å². The number of amides is 1. The van der Waals surface area contributed by atoms with E-state index >= 15 is 0 Å². The van der Waals surface area contributed by atoms with Crippen molar-refractivity contribution >= 4 is 11.6 Å². The Hall–Kier alpha value is -1.55. The Balaban J connectivity index is 2.00. The maximum Gasteiger partial charge on any atom is 0.248 e. The van der Waals surface area contributed by atoms with Crippen LogP contribution < -0.4 is 11.1 Å². The van der Waals surface area contributed by atoms with Crippen LogP contribution >= 0.6 is 0 Å². The van der Waals surface area contributed by atoms with Crippen molar-refractivity contribution in [2.75, 3.05) is 5.32 Å². The lowest BCUT2D eigenvalue weighted by Crippen LogP contribution is -2.36. The van der Waals surface area contributed by atoms with Gasteiger partial charge in [0.05, 0.1) is 12.1 Å². The lowest BCUT2D eigenvalue weighted by atomic mass is 9.92. The summed E-state index contributed by atoms with van der Waals surface area (Å²) in [5.74, 6) is -0.422. The zero-order chi connectivity index (χ0) is 12.3. The smallest absolute Gasteiger partial charge is 0.248 e. The molecule has 0 bridgehead atoms. The second-order valence-corrected chi connectivity index (χ2v) is 4.54. The summed E-state index contributed by atoms with van der Waals surface area (Å²) < 4.78 is 0. The van der Waals surface area contributed by atoms with Crippen LogP contribution in [0.1, 0.15) is 36.0 Å². The molecule has 0 heterocycles. The second kappa shape index (κ2) is 5.19. The summed E-state index contributed by atoms with van der Waals surface area (Å²) in [5, 5.41) is 13.1. The lowest BCUT2D eigenvalue weighted by molar-refractivity contribution is 0.1000. The quantitative estimate of drug-likeness (QED) is 0.742. The molecule has 0 unspecified atom stereocenters. The van der Waals surface area contributed by atoms with E-state index in [0.717, 1.165) is 31.4 Å². The molecular formula is C13H18N2O2. The van der Waals surface area contributed by atoms with Crippen LogP contribution in [-0.4, -0.2) is 23.2 Å². The maximum absolute atomic E-state index is 10.9. The van der Waals surface area contributed by atoms with E-state index < -0.39 is 5.91 Å². The molecule has 0 aliphatic heterocycles. The zero-order valence-electron chi connectivity index (χ0n) is 9.73. The molecule has 1 aliphatic rings. The summed E-state index contributed by atoms with van der Waals surface area (Å²) in [6.45, 7) is 0. The SMILES string of the molecule is NC(=O)c1ccc(N[C@@H]2CCCC[C@H]2O)cc1. The number of carbonyl (C=O) groups excluding carboxylic acids is 1. The van der Waals surface area contributed by atoms with Crippen molar-refractivity contribution in [1.82, 2.24) is 0 Å². The van der Waals surface area contributed by atoms with Gasteiger partial charge in [0, 0.05) is 11.3 Å². The molecular weight excluding hydrogens is 216 g/mol. The molecule has 0 aromatic heterocycles. The monoisotopic (exact) mass is 234 g/mol. The van der Waals surface area contributed by atoms with Gasteiger partial charge in [-0.1, -0.05) is 12.8 Å². The molecule has 0 saturated heterocycles. The number of primary amides is 1. The number of aliphatic hydroxyl groups excluding tert-OH is 1. The molecule has 4 heteroatoms. The van der Waals surface area contributed by atoms with Crippen molar-refractivity contribution in [2.45, 2.75) is 37.8 Å². The van der Waals surface area contributed by atoms with E-state index in [1.165, 1.54) is 0 Å². The third-order valence-electron chi connectivity index (χ3n) is 3.25. The van der Waals surface area contributed by atoms with Crippen LogP contribution in [0.3, 0.4) is 0 Å². The van der Waals surface area contributed by atoms with E-state index in [4.69, 9.17) is 5.73 Å². The highest BCUT2D eigenvalue weighted by Gasteiger charge is 2.22. The first kappa shape index (κ1) is 11.9. The van der Waals surface area contributed by atoms with Gasteiger partial charge in [0.2, 0.25) is 5.91 Å². The van der Waals surface area contributed by atoms with Crippen molar-refractivity contribution in [3.8, 4) is 0 Å². The van der Waals surface area contributed by atoms with Crippen molar-refractivity contribution < 1.29 is 9.90 Å². The topological polar surface area (TPSA) is 75.4 Å². The highest BCUT2D eigenvalue weighted by molar-refractivity contribution is 5.93. The Morgan fingerprint density at radius 1 is 1.24 bits per heavy atom. The van der Waals surface area contributed by atoms with Crippen molar-refractivity contribution in [3.63, 3.8) is 0 Å². The van der Waals surface area contributed by atoms with Crippen molar-refractivity contribution in [3.05, 3.63) is 29.8 Å². The van der Waals surface area contributed by atoms with Crippen LogP contribution in [-0.2, 0) is 0 Å². The van der Waals surface area contributed by atoms with Crippen LogP contribution in [0.4, 0.5) is 5.69 Å². The average Bonchev–Trinajstić information content (AvgIpc) is 2.33. The summed E-state index contributed by atoms with van der Waals surface area (Å²) in [4.78, 5) is 10.9. The van der Waals surface area contributed by atoms with Gasteiger partial charge in [-0.25, -0.2) is 0 Å². The molecule has 1 aromatic rings. The molecule has 4 nitrogen and oxygen atoms in total. The summed E-state index contributed by atoms with van der Waals surface area (Å²) in [6, 6.07) is 7.14. The lowest BCUT2D eigenvalue weighted by Gasteiger charge is -2.29. The van der Waals surface area contributed by atoms with Gasteiger partial charge in [0.1, 0.15) is 0 Å². The van der Waals surface area contributed by atoms with Gasteiger partial charge in [0.25, 0.3) is 0 Å². The van der Waals surface area contributed by atoms with Gasteiger partial charge < -0.3 is 16.2 Å². The van der Waals surface area contributed by atoms with Gasteiger partial charge in [-0.15, -0.1) is 0 Å². The maximum atomic E-state index is 10.9. The summed E-state index contributed by atoms with van der Waals surface area (Å²) in [7, 11) is 0. The Bertz CT molecular complexity index is 389. The molecule has 2 rings (SSSR count). The number of benzene rings is 1. The minimum atomic E-state index is -0.422. The van der Waals surface area contributed by atoms with E-state index in [1.54, 1.807) is 12.1 Å². The number of nitrogens with one attached hydrogen (secondary N) is 1. The van der Waals surface area contributed by atoms with Crippen LogP contribution in [0.5, 0.6) is 0 Å². The standard InChI is InChI=1S/C13H18N2O2/c14-13(17)9-5-7-10(8-6-9)15-11-3-1-2-4-12(11)16/h5-8,11-12,15-16H,1-4H2,(H2,14,17)/t11-,12-/m1/s1. The molecule has 1 fully saturated rings. The second-order valence-electron chi connectivity index (χ2n) is 4.54. The fourth-order valence-corrected chi connectivity index (χ4v) is 2.22. The predicted octanol–water partition coefficient (Wildman–Crippen LogP) is 1.50. The number of hydrogen-bond acceptors (Lipinski definition) is 3. The molecule has 17 heavy (non-hydrogen) atoms. The van der Waals surface area contributed by atoms with Crippen molar-refractivity contribution in [2.24, 2.45) is 5.73 Å². The van der Waals surface area contributed by atoms with Crippen LogP contribution in [0.2, 0.25) is 0 Å². The molecule has 92 valence electrons. The van der Waals surface area contributed by atoms with Crippen molar-refractivity contribution in [1.29, 1.82) is 0 Å². The third-order valence-corrected chi connectivity index (χ3v) is 3.25. The first-order valence-electron chi connectivity index (χ1n) is 6.01. The molecule has 0 radical (unpaired) electrons. The third kappa shape index (κ3) is 2.97. The number of aliphatic hydroxyl groups is 1. The summed E-state index contributed by atoms with van der Waals surface area (Å²) in [5.41, 5.74) is 6.59. The highest BCUT2D eigenvalue weighted by atomic mass is 16.3. The summed E-state index contributed by atoms with van der Waals surface area (Å²) in [6.07, 6.45) is 3.81. The fraction of sp³-hybridized carbons (Fsp3) is 0.462. The van der Waals surface area contributed by atoms with E-state index in [0.29, 0.717) is 5.56 Å². The van der Waals surface area contributed by atoms with Gasteiger partial charge in [-0.05, 0) is 37.1 Å². The molecule has 1 aromatic carbocycles. The first-order chi connectivity index (χ1) is 8.16. The Labute approximate surface area is 101 Å². The fourth-order valence-electron chi connectivity index (χ4n) is 2.22. The van der Waals surface area contributed by atoms with Crippen LogP contribution in [0.25, 0.3) is 0 Å². The van der Waals surface area contributed by atoms with E-state index in [1.807, 2.05) is 12.1 Å². The number of anilines is 1. The largest absolute Gasteiger partial charge is 0.391 e. The highest BCUT2D eigenvalue weighted by Crippen LogP contribution is 2.22. The number of carbonyl (C=O) groups is 1.